The van der Waals surface area contributed by atoms with Gasteiger partial charge in [0.25, 0.3) is 0 Å². The van der Waals surface area contributed by atoms with E-state index in [1.165, 1.54) is 32.4 Å². The van der Waals surface area contributed by atoms with Crippen LogP contribution in [0.1, 0.15) is 10.4 Å². The number of para-hydroxylation sites is 1. The Morgan fingerprint density at radius 1 is 1.12 bits per heavy atom. The van der Waals surface area contributed by atoms with Gasteiger partial charge in [0, 0.05) is 5.69 Å². The number of rotatable bonds is 6. The molecular weight excluding hydrogens is 327 g/mol. The van der Waals surface area contributed by atoms with Crippen LogP contribution in [-0.4, -0.2) is 25.9 Å². The molecule has 0 aliphatic heterocycles. The van der Waals surface area contributed by atoms with E-state index in [-0.39, 0.29) is 17.0 Å². The highest BCUT2D eigenvalue weighted by Gasteiger charge is 2.30. The number of Topliss-reactive ketones (excluding diaryl/α,β-unsaturated/α-hetero) is 1. The van der Waals surface area contributed by atoms with Gasteiger partial charge in [-0.15, -0.1) is 0 Å². The summed E-state index contributed by atoms with van der Waals surface area (Å²) in [5, 5.41) is 11.7. The van der Waals surface area contributed by atoms with E-state index in [4.69, 9.17) is 9.47 Å². The molecule has 0 radical (unpaired) electrons. The molecule has 0 bridgehead atoms. The number of amides is 1. The van der Waals surface area contributed by atoms with E-state index in [1.54, 1.807) is 18.2 Å². The second kappa shape index (κ2) is 7.93. The highest BCUT2D eigenvalue weighted by Crippen LogP contribution is 2.32. The molecule has 25 heavy (non-hydrogen) atoms. The minimum atomic E-state index is -1.59. The van der Waals surface area contributed by atoms with Crippen LogP contribution in [0.5, 0.6) is 11.5 Å². The first-order valence-corrected chi connectivity index (χ1v) is 7.23. The Hall–Kier alpha value is -3.40. The van der Waals surface area contributed by atoms with E-state index in [1.807, 2.05) is 0 Å². The number of hydrogen-bond acceptors (Lipinski definition) is 5. The fourth-order valence-corrected chi connectivity index (χ4v) is 2.22. The van der Waals surface area contributed by atoms with E-state index >= 15 is 0 Å². The van der Waals surface area contributed by atoms with Gasteiger partial charge in [0.1, 0.15) is 5.82 Å². The van der Waals surface area contributed by atoms with Crippen molar-refractivity contribution in [3.05, 3.63) is 53.8 Å². The lowest BCUT2D eigenvalue weighted by Gasteiger charge is -2.14. The summed E-state index contributed by atoms with van der Waals surface area (Å²) < 4.78 is 23.2. The summed E-state index contributed by atoms with van der Waals surface area (Å²) in [4.78, 5) is 24.9. The van der Waals surface area contributed by atoms with Crippen LogP contribution in [0, 0.1) is 23.1 Å². The molecule has 0 saturated carbocycles. The number of ether oxygens (including phenoxy) is 2. The van der Waals surface area contributed by atoms with Crippen molar-refractivity contribution in [2.75, 3.05) is 19.5 Å². The van der Waals surface area contributed by atoms with Gasteiger partial charge >= 0.3 is 0 Å². The maximum absolute atomic E-state index is 12.9. The third-order valence-corrected chi connectivity index (χ3v) is 3.43. The average Bonchev–Trinajstić information content (AvgIpc) is 2.63. The number of hydrogen-bond donors (Lipinski definition) is 1. The molecule has 0 heterocycles. The third-order valence-electron chi connectivity index (χ3n) is 3.43. The van der Waals surface area contributed by atoms with Crippen molar-refractivity contribution < 1.29 is 23.5 Å². The first-order chi connectivity index (χ1) is 12.0. The lowest BCUT2D eigenvalue weighted by Crippen LogP contribution is -2.29. The van der Waals surface area contributed by atoms with Gasteiger partial charge in [-0.3, -0.25) is 9.59 Å². The van der Waals surface area contributed by atoms with Crippen molar-refractivity contribution in [1.82, 2.24) is 0 Å². The molecule has 6 nitrogen and oxygen atoms in total. The van der Waals surface area contributed by atoms with Crippen LogP contribution in [0.2, 0.25) is 0 Å². The van der Waals surface area contributed by atoms with E-state index in [9.17, 15) is 19.2 Å². The van der Waals surface area contributed by atoms with Gasteiger partial charge in [-0.05, 0) is 36.4 Å². The van der Waals surface area contributed by atoms with Crippen molar-refractivity contribution in [2.24, 2.45) is 5.92 Å². The summed E-state index contributed by atoms with van der Waals surface area (Å²) in [6.45, 7) is 0. The second-order valence-electron chi connectivity index (χ2n) is 4.96. The summed E-state index contributed by atoms with van der Waals surface area (Å²) in [7, 11) is 2.77. The van der Waals surface area contributed by atoms with Gasteiger partial charge in [0.05, 0.1) is 25.9 Å². The van der Waals surface area contributed by atoms with Crippen LogP contribution in [0.15, 0.2) is 42.5 Å². The fraction of sp³-hybridized carbons (Fsp3) is 0.167. The topological polar surface area (TPSA) is 88.4 Å². The zero-order valence-corrected chi connectivity index (χ0v) is 13.6. The Morgan fingerprint density at radius 2 is 1.80 bits per heavy atom. The van der Waals surface area contributed by atoms with E-state index in [0.717, 1.165) is 12.1 Å². The lowest BCUT2D eigenvalue weighted by molar-refractivity contribution is -0.117. The predicted octanol–water partition coefficient (Wildman–Crippen LogP) is 2.80. The number of nitrogens with one attached hydrogen (secondary N) is 1. The molecule has 1 atom stereocenters. The van der Waals surface area contributed by atoms with Crippen LogP contribution >= 0.6 is 0 Å². The van der Waals surface area contributed by atoms with Crippen molar-refractivity contribution in [3.8, 4) is 17.6 Å². The largest absolute Gasteiger partial charge is 0.493 e. The number of ketones is 1. The standard InChI is InChI=1S/C18H15FN2O4/c1-24-15-5-3-4-13(17(15)25-2)16(22)14(10-20)18(23)21-12-8-6-11(19)7-9-12/h3-9,14H,1-2H3,(H,21,23)/t14-/m0/s1. The van der Waals surface area contributed by atoms with Crippen molar-refractivity contribution in [3.63, 3.8) is 0 Å². The van der Waals surface area contributed by atoms with Gasteiger partial charge in [0.15, 0.2) is 23.2 Å². The summed E-state index contributed by atoms with van der Waals surface area (Å²) in [6.07, 6.45) is 0. The molecule has 0 aliphatic rings. The number of carbonyl (C=O) groups is 2. The Bertz CT molecular complexity index is 828. The van der Waals surface area contributed by atoms with Crippen LogP contribution in [0.25, 0.3) is 0 Å². The molecule has 0 aliphatic carbocycles. The van der Waals surface area contributed by atoms with Gasteiger partial charge in [0.2, 0.25) is 5.91 Å². The Balaban J connectivity index is 2.28. The van der Waals surface area contributed by atoms with Crippen molar-refractivity contribution >= 4 is 17.4 Å². The van der Waals surface area contributed by atoms with Gasteiger partial charge < -0.3 is 14.8 Å². The molecule has 2 rings (SSSR count). The molecule has 1 amide bonds. The highest BCUT2D eigenvalue weighted by molar-refractivity contribution is 6.16. The minimum absolute atomic E-state index is 0.0580. The molecule has 0 spiro atoms. The summed E-state index contributed by atoms with van der Waals surface area (Å²) in [5.41, 5.74) is 0.333. The minimum Gasteiger partial charge on any atom is -0.493 e. The highest BCUT2D eigenvalue weighted by atomic mass is 19.1. The molecule has 7 heteroatoms. The first kappa shape index (κ1) is 17.9. The number of nitriles is 1. The first-order valence-electron chi connectivity index (χ1n) is 7.23. The van der Waals surface area contributed by atoms with Gasteiger partial charge in [-0.25, -0.2) is 4.39 Å². The molecule has 128 valence electrons. The van der Waals surface area contributed by atoms with Crippen molar-refractivity contribution in [1.29, 1.82) is 5.26 Å². The Morgan fingerprint density at radius 3 is 2.36 bits per heavy atom. The maximum atomic E-state index is 12.9. The van der Waals surface area contributed by atoms with Crippen LogP contribution < -0.4 is 14.8 Å². The summed E-state index contributed by atoms with van der Waals surface area (Å²) in [6, 6.07) is 11.3. The number of carbonyl (C=O) groups excluding carboxylic acids is 2. The number of anilines is 1. The van der Waals surface area contributed by atoms with Crippen LogP contribution in [0.3, 0.4) is 0 Å². The number of halogens is 1. The van der Waals surface area contributed by atoms with Gasteiger partial charge in [-0.1, -0.05) is 6.07 Å². The molecule has 0 unspecified atom stereocenters. The normalized spacial score (nSPS) is 11.1. The Labute approximate surface area is 143 Å². The lowest BCUT2D eigenvalue weighted by atomic mass is 9.96. The molecular formula is C18H15FN2O4. The summed E-state index contributed by atoms with van der Waals surface area (Å²) in [5.74, 6) is -3.14. The zero-order chi connectivity index (χ0) is 18.4. The quantitative estimate of drug-likeness (QED) is 0.644. The smallest absolute Gasteiger partial charge is 0.249 e. The van der Waals surface area contributed by atoms with Crippen molar-refractivity contribution in [2.45, 2.75) is 0 Å². The Kier molecular flexibility index (Phi) is 5.69. The number of methoxy groups -OCH3 is 2. The predicted molar refractivity (Wildman–Crippen MR) is 88.0 cm³/mol. The maximum Gasteiger partial charge on any atom is 0.249 e. The molecule has 2 aromatic rings. The second-order valence-corrected chi connectivity index (χ2v) is 4.96. The van der Waals surface area contributed by atoms with E-state index in [2.05, 4.69) is 5.32 Å². The van der Waals surface area contributed by atoms with Gasteiger partial charge in [-0.2, -0.15) is 5.26 Å². The monoisotopic (exact) mass is 342 g/mol. The average molecular weight is 342 g/mol. The van der Waals surface area contributed by atoms with E-state index in [0.29, 0.717) is 5.75 Å². The molecule has 0 fully saturated rings. The number of nitrogens with zero attached hydrogens (tertiary/aromatic N) is 1. The zero-order valence-electron chi connectivity index (χ0n) is 13.6. The number of benzene rings is 2. The van der Waals surface area contributed by atoms with E-state index < -0.39 is 23.4 Å². The third kappa shape index (κ3) is 3.93. The SMILES string of the molecule is COc1cccc(C(=O)[C@H](C#N)C(=O)Nc2ccc(F)cc2)c1OC. The fourth-order valence-electron chi connectivity index (χ4n) is 2.22. The van der Waals surface area contributed by atoms with Crippen LogP contribution in [-0.2, 0) is 4.79 Å². The molecule has 2 aromatic carbocycles. The summed E-state index contributed by atoms with van der Waals surface area (Å²) >= 11 is 0. The molecule has 0 saturated heterocycles. The molecule has 0 aromatic heterocycles. The molecule has 1 N–H and O–H groups in total. The van der Waals surface area contributed by atoms with Crippen LogP contribution in [0.4, 0.5) is 10.1 Å².